The van der Waals surface area contributed by atoms with E-state index in [-0.39, 0.29) is 11.9 Å². The van der Waals surface area contributed by atoms with Crippen LogP contribution in [0, 0.1) is 5.92 Å². The number of hydrogen-bond donors (Lipinski definition) is 1. The molecule has 1 N–H and O–H groups in total. The van der Waals surface area contributed by atoms with E-state index in [1.54, 1.807) is 29.2 Å². The summed E-state index contributed by atoms with van der Waals surface area (Å²) in [6.45, 7) is 0. The molecule has 1 aliphatic carbocycles. The van der Waals surface area contributed by atoms with Gasteiger partial charge in [0.25, 0.3) is 5.91 Å². The molecule has 1 saturated heterocycles. The smallest absolute Gasteiger partial charge is 0.326 e. The molecule has 118 valence electrons. The summed E-state index contributed by atoms with van der Waals surface area (Å²) in [7, 11) is 1.52. The summed E-state index contributed by atoms with van der Waals surface area (Å²) in [6.07, 6.45) is 4.67. The van der Waals surface area contributed by atoms with Gasteiger partial charge in [-0.3, -0.25) is 4.79 Å². The monoisotopic (exact) mass is 303 g/mol. The normalized spacial score (nSPS) is 27.3. The van der Waals surface area contributed by atoms with Crippen LogP contribution < -0.4 is 4.74 Å². The minimum absolute atomic E-state index is 0.0484. The second kappa shape index (κ2) is 5.99. The van der Waals surface area contributed by atoms with E-state index in [4.69, 9.17) is 4.74 Å². The van der Waals surface area contributed by atoms with Crippen LogP contribution in [0.25, 0.3) is 0 Å². The molecule has 5 heteroatoms. The van der Waals surface area contributed by atoms with Crippen LogP contribution in [0.5, 0.6) is 5.75 Å². The second-order valence-electron chi connectivity index (χ2n) is 6.11. The third-order valence-corrected chi connectivity index (χ3v) is 4.94. The highest BCUT2D eigenvalue weighted by Gasteiger charge is 2.48. The molecule has 1 heterocycles. The van der Waals surface area contributed by atoms with Crippen molar-refractivity contribution >= 4 is 11.9 Å². The molecule has 0 unspecified atom stereocenters. The maximum Gasteiger partial charge on any atom is 0.326 e. The number of rotatable bonds is 3. The lowest BCUT2D eigenvalue weighted by molar-refractivity contribution is -0.141. The molecular formula is C17H21NO4. The molecule has 0 spiro atoms. The van der Waals surface area contributed by atoms with Crippen LogP contribution in [0.3, 0.4) is 0 Å². The number of para-hydroxylation sites is 1. The summed E-state index contributed by atoms with van der Waals surface area (Å²) >= 11 is 0. The predicted octanol–water partition coefficient (Wildman–Crippen LogP) is 2.55. The zero-order valence-corrected chi connectivity index (χ0v) is 12.7. The molecule has 3 atom stereocenters. The number of benzene rings is 1. The Labute approximate surface area is 129 Å². The van der Waals surface area contributed by atoms with E-state index in [1.807, 2.05) is 0 Å². The van der Waals surface area contributed by atoms with Crippen molar-refractivity contribution in [2.75, 3.05) is 7.11 Å². The Bertz CT molecular complexity index is 586. The number of carboxylic acids is 1. The fraction of sp³-hybridized carbons (Fsp3) is 0.529. The van der Waals surface area contributed by atoms with Crippen molar-refractivity contribution < 1.29 is 19.4 Å². The molecular weight excluding hydrogens is 282 g/mol. The molecule has 22 heavy (non-hydrogen) atoms. The van der Waals surface area contributed by atoms with Crippen molar-refractivity contribution in [1.82, 2.24) is 4.90 Å². The maximum atomic E-state index is 13.0. The number of amides is 1. The second-order valence-corrected chi connectivity index (χ2v) is 6.11. The molecule has 0 radical (unpaired) electrons. The number of likely N-dealkylation sites (tertiary alicyclic amines) is 1. The molecule has 0 aromatic heterocycles. The van der Waals surface area contributed by atoms with E-state index in [9.17, 15) is 14.7 Å². The lowest BCUT2D eigenvalue weighted by Crippen LogP contribution is -2.46. The van der Waals surface area contributed by atoms with Gasteiger partial charge in [-0.25, -0.2) is 4.79 Å². The molecule has 3 rings (SSSR count). The standard InChI is InChI=1S/C17H21NO4/c1-22-15-9-5-3-7-12(15)16(19)18-13-8-4-2-6-11(13)10-14(18)17(20)21/h3,5,7,9,11,13-14H,2,4,6,8,10H2,1H3,(H,20,21)/t11-,13-,14-/m0/s1. The lowest BCUT2D eigenvalue weighted by Gasteiger charge is -2.33. The van der Waals surface area contributed by atoms with E-state index in [0.717, 1.165) is 25.7 Å². The summed E-state index contributed by atoms with van der Waals surface area (Å²) < 4.78 is 5.26. The first-order chi connectivity index (χ1) is 10.6. The number of carbonyl (C=O) groups excluding carboxylic acids is 1. The number of fused-ring (bicyclic) bond motifs is 1. The van der Waals surface area contributed by atoms with E-state index >= 15 is 0 Å². The van der Waals surface area contributed by atoms with Gasteiger partial charge in [0.2, 0.25) is 0 Å². The van der Waals surface area contributed by atoms with Gasteiger partial charge in [0, 0.05) is 6.04 Å². The predicted molar refractivity (Wildman–Crippen MR) is 81.0 cm³/mol. The Morgan fingerprint density at radius 1 is 1.23 bits per heavy atom. The number of carbonyl (C=O) groups is 2. The molecule has 1 aromatic carbocycles. The number of nitrogens with zero attached hydrogens (tertiary/aromatic N) is 1. The average molecular weight is 303 g/mol. The molecule has 1 saturated carbocycles. The highest BCUT2D eigenvalue weighted by atomic mass is 16.5. The number of hydrogen-bond acceptors (Lipinski definition) is 3. The van der Waals surface area contributed by atoms with Gasteiger partial charge in [-0.05, 0) is 37.3 Å². The van der Waals surface area contributed by atoms with Crippen molar-refractivity contribution in [2.24, 2.45) is 5.92 Å². The topological polar surface area (TPSA) is 66.8 Å². The maximum absolute atomic E-state index is 13.0. The minimum atomic E-state index is -0.905. The lowest BCUT2D eigenvalue weighted by atomic mass is 9.84. The summed E-state index contributed by atoms with van der Waals surface area (Å²) in [4.78, 5) is 26.2. The van der Waals surface area contributed by atoms with Gasteiger partial charge in [0.05, 0.1) is 12.7 Å². The fourth-order valence-electron chi connectivity index (χ4n) is 3.93. The van der Waals surface area contributed by atoms with E-state index < -0.39 is 12.0 Å². The molecule has 2 aliphatic rings. The molecule has 0 bridgehead atoms. The first kappa shape index (κ1) is 14.9. The fourth-order valence-corrected chi connectivity index (χ4v) is 3.93. The van der Waals surface area contributed by atoms with Gasteiger partial charge < -0.3 is 14.7 Å². The third kappa shape index (κ3) is 2.45. The quantitative estimate of drug-likeness (QED) is 0.932. The Kier molecular flexibility index (Phi) is 4.05. The van der Waals surface area contributed by atoms with Gasteiger partial charge in [-0.15, -0.1) is 0 Å². The minimum Gasteiger partial charge on any atom is -0.496 e. The number of methoxy groups -OCH3 is 1. The van der Waals surface area contributed by atoms with Crippen molar-refractivity contribution in [3.8, 4) is 5.75 Å². The Morgan fingerprint density at radius 3 is 2.68 bits per heavy atom. The van der Waals surface area contributed by atoms with Crippen LogP contribution in [-0.2, 0) is 4.79 Å². The van der Waals surface area contributed by atoms with Gasteiger partial charge in [0.1, 0.15) is 11.8 Å². The third-order valence-electron chi connectivity index (χ3n) is 4.94. The number of carboxylic acid groups (broad SMARTS) is 1. The van der Waals surface area contributed by atoms with Crippen LogP contribution in [0.15, 0.2) is 24.3 Å². The van der Waals surface area contributed by atoms with Crippen molar-refractivity contribution in [2.45, 2.75) is 44.2 Å². The van der Waals surface area contributed by atoms with E-state index in [1.165, 1.54) is 7.11 Å². The van der Waals surface area contributed by atoms with Gasteiger partial charge >= 0.3 is 5.97 Å². The SMILES string of the molecule is COc1ccccc1C(=O)N1[C@H](C(=O)O)C[C@@H]2CCCC[C@@H]21. The van der Waals surface area contributed by atoms with Crippen LogP contribution >= 0.6 is 0 Å². The van der Waals surface area contributed by atoms with Crippen molar-refractivity contribution in [3.05, 3.63) is 29.8 Å². The summed E-state index contributed by atoms with van der Waals surface area (Å²) in [5.41, 5.74) is 0.447. The molecule has 2 fully saturated rings. The van der Waals surface area contributed by atoms with Crippen LogP contribution in [0.4, 0.5) is 0 Å². The zero-order valence-electron chi connectivity index (χ0n) is 12.7. The summed E-state index contributed by atoms with van der Waals surface area (Å²) in [6, 6.07) is 6.35. The Morgan fingerprint density at radius 2 is 1.95 bits per heavy atom. The highest BCUT2D eigenvalue weighted by molar-refractivity contribution is 5.99. The van der Waals surface area contributed by atoms with Gasteiger partial charge in [-0.1, -0.05) is 25.0 Å². The van der Waals surface area contributed by atoms with Crippen molar-refractivity contribution in [3.63, 3.8) is 0 Å². The van der Waals surface area contributed by atoms with Crippen LogP contribution in [-0.4, -0.2) is 41.1 Å². The van der Waals surface area contributed by atoms with Gasteiger partial charge in [-0.2, -0.15) is 0 Å². The first-order valence-electron chi connectivity index (χ1n) is 7.82. The van der Waals surface area contributed by atoms with E-state index in [0.29, 0.717) is 23.7 Å². The van der Waals surface area contributed by atoms with Crippen LogP contribution in [0.2, 0.25) is 0 Å². The molecule has 5 nitrogen and oxygen atoms in total. The number of aliphatic carboxylic acids is 1. The molecule has 1 amide bonds. The Balaban J connectivity index is 1.95. The zero-order chi connectivity index (χ0) is 15.7. The molecule has 1 aliphatic heterocycles. The Hall–Kier alpha value is -2.04. The average Bonchev–Trinajstić information content (AvgIpc) is 2.94. The van der Waals surface area contributed by atoms with Crippen molar-refractivity contribution in [1.29, 1.82) is 0 Å². The number of ether oxygens (including phenoxy) is 1. The largest absolute Gasteiger partial charge is 0.496 e. The van der Waals surface area contributed by atoms with Crippen LogP contribution in [0.1, 0.15) is 42.5 Å². The molecule has 1 aromatic rings. The summed E-state index contributed by atoms with van der Waals surface area (Å²) in [5, 5.41) is 9.53. The van der Waals surface area contributed by atoms with Gasteiger partial charge in [0.15, 0.2) is 0 Å². The first-order valence-corrected chi connectivity index (χ1v) is 7.82. The van der Waals surface area contributed by atoms with E-state index in [2.05, 4.69) is 0 Å². The highest BCUT2D eigenvalue weighted by Crippen LogP contribution is 2.41. The summed E-state index contributed by atoms with van der Waals surface area (Å²) in [5.74, 6) is -0.318.